The summed E-state index contributed by atoms with van der Waals surface area (Å²) >= 11 is 11.9. The first-order valence-corrected chi connectivity index (χ1v) is 12.7. The molecule has 5 rings (SSSR count). The normalized spacial score (nSPS) is 30.5. The number of hydrogen-bond acceptors (Lipinski definition) is 11. The summed E-state index contributed by atoms with van der Waals surface area (Å²) in [5.41, 5.74) is 5.32. The van der Waals surface area contributed by atoms with E-state index in [-0.39, 0.29) is 23.7 Å². The number of imidazole rings is 1. The number of aliphatic hydroxyl groups excluding tert-OH is 1. The van der Waals surface area contributed by atoms with Crippen LogP contribution in [-0.2, 0) is 25.6 Å². The number of ether oxygens (including phenoxy) is 1. The van der Waals surface area contributed by atoms with Gasteiger partial charge in [0.15, 0.2) is 22.5 Å². The largest absolute Gasteiger partial charge is 0.780 e. The molecule has 1 unspecified atom stereocenters. The van der Waals surface area contributed by atoms with Crippen molar-refractivity contribution in [2.45, 2.75) is 34.6 Å². The van der Waals surface area contributed by atoms with Gasteiger partial charge in [-0.25, -0.2) is 4.98 Å². The summed E-state index contributed by atoms with van der Waals surface area (Å²) in [4.78, 5) is 36.2. The summed E-state index contributed by atoms with van der Waals surface area (Å²) in [6.07, 6.45) is -4.06. The Labute approximate surface area is 188 Å². The van der Waals surface area contributed by atoms with Gasteiger partial charge in [-0.15, -0.1) is 0 Å². The lowest BCUT2D eigenvalue weighted by atomic mass is 10.1. The fourth-order valence-corrected chi connectivity index (χ4v) is 5.90. The number of nitrogens with one attached hydrogen (secondary N) is 1. The lowest BCUT2D eigenvalue weighted by Crippen LogP contribution is -2.41. The number of hydrogen-bond donors (Lipinski definition) is 3. The highest BCUT2D eigenvalue weighted by Gasteiger charge is 2.50. The summed E-state index contributed by atoms with van der Waals surface area (Å²) in [6.45, 7) is -3.83. The maximum atomic E-state index is 12.4. The topological polar surface area (TPSA) is 161 Å². The van der Waals surface area contributed by atoms with Crippen LogP contribution in [0.15, 0.2) is 39.1 Å². The number of H-pyrrole nitrogens is 1. The number of aromatic nitrogens is 4. The number of nitrogen functional groups attached to an aromatic ring is 1. The number of nitrogens with two attached hydrogens (primary N) is 1. The standard InChI is InChI=1S/C16H15ClN5O6PS2/c17-6-1-3-7(4-2-6)31-16-19-9-12(20-15(18)21-13(9)24)22(16)14-10(23)11-8(27-14)5-26-29(25,30)28-11/h1-4,8,10-11,14,23H,5H2,(H,25,30)(H3,18,20,21,24)/p-1/t8-,10-,11-,14-,29?/m1/s1. The van der Waals surface area contributed by atoms with E-state index in [0.717, 1.165) is 4.90 Å². The number of halogens is 1. The Kier molecular flexibility index (Phi) is 5.36. The number of aromatic amines is 1. The van der Waals surface area contributed by atoms with Gasteiger partial charge < -0.3 is 29.5 Å². The van der Waals surface area contributed by atoms with Gasteiger partial charge in [0.05, 0.1) is 6.61 Å². The minimum Gasteiger partial charge on any atom is -0.780 e. The van der Waals surface area contributed by atoms with Crippen molar-refractivity contribution in [3.63, 3.8) is 0 Å². The van der Waals surface area contributed by atoms with Crippen LogP contribution in [0.1, 0.15) is 6.23 Å². The number of fused-ring (bicyclic) bond motifs is 2. The Morgan fingerprint density at radius 2 is 2.13 bits per heavy atom. The van der Waals surface area contributed by atoms with Crippen LogP contribution in [0.25, 0.3) is 11.2 Å². The van der Waals surface area contributed by atoms with Crippen LogP contribution < -0.4 is 16.2 Å². The Bertz CT molecular complexity index is 1270. The molecule has 0 amide bonds. The van der Waals surface area contributed by atoms with Crippen LogP contribution in [0, 0.1) is 0 Å². The van der Waals surface area contributed by atoms with Gasteiger partial charge in [-0.1, -0.05) is 35.2 Å². The van der Waals surface area contributed by atoms with Crippen molar-refractivity contribution >= 4 is 59.0 Å². The van der Waals surface area contributed by atoms with Crippen molar-refractivity contribution in [2.24, 2.45) is 0 Å². The lowest BCUT2D eigenvalue weighted by molar-refractivity contribution is -0.227. The van der Waals surface area contributed by atoms with Gasteiger partial charge in [0, 0.05) is 9.92 Å². The fraction of sp³-hybridized carbons (Fsp3) is 0.312. The predicted molar refractivity (Wildman–Crippen MR) is 113 cm³/mol. The Hall–Kier alpha value is -1.54. The highest BCUT2D eigenvalue weighted by Crippen LogP contribution is 2.50. The molecule has 1 aromatic carbocycles. The second-order valence-electron chi connectivity index (χ2n) is 6.81. The van der Waals surface area contributed by atoms with E-state index < -0.39 is 36.8 Å². The fourth-order valence-electron chi connectivity index (χ4n) is 3.43. The number of anilines is 1. The second-order valence-corrected chi connectivity index (χ2v) is 11.0. The molecular formula is C16H14ClN5O6PS2-. The average Bonchev–Trinajstić information content (AvgIpc) is 3.20. The third kappa shape index (κ3) is 3.90. The van der Waals surface area contributed by atoms with Crippen LogP contribution in [0.5, 0.6) is 0 Å². The molecule has 5 atom stereocenters. The minimum atomic E-state index is -3.72. The molecule has 2 saturated heterocycles. The van der Waals surface area contributed by atoms with E-state index in [9.17, 15) is 14.8 Å². The molecule has 31 heavy (non-hydrogen) atoms. The molecule has 3 aromatic rings. The predicted octanol–water partition coefficient (Wildman–Crippen LogP) is 0.765. The molecule has 2 aromatic heterocycles. The van der Waals surface area contributed by atoms with Crippen LogP contribution in [0.3, 0.4) is 0 Å². The maximum Gasteiger partial charge on any atom is 0.280 e. The number of rotatable bonds is 3. The Morgan fingerprint density at radius 3 is 2.87 bits per heavy atom. The minimum absolute atomic E-state index is 0.0162. The highest BCUT2D eigenvalue weighted by molar-refractivity contribution is 8.06. The van der Waals surface area contributed by atoms with E-state index in [1.807, 2.05) is 0 Å². The quantitative estimate of drug-likeness (QED) is 0.434. The van der Waals surface area contributed by atoms with Crippen LogP contribution in [-0.4, -0.2) is 49.5 Å². The third-order valence-electron chi connectivity index (χ3n) is 4.77. The third-order valence-corrected chi connectivity index (χ3v) is 7.54. The molecule has 15 heteroatoms. The number of nitrogens with zero attached hydrogens (tertiary/aromatic N) is 3. The molecule has 0 radical (unpaired) electrons. The highest BCUT2D eigenvalue weighted by atomic mass is 35.5. The molecule has 0 spiro atoms. The number of aliphatic hydroxyl groups is 1. The average molecular weight is 503 g/mol. The molecule has 0 saturated carbocycles. The van der Waals surface area contributed by atoms with Gasteiger partial charge in [0.2, 0.25) is 5.95 Å². The molecule has 4 N–H and O–H groups in total. The van der Waals surface area contributed by atoms with E-state index in [1.165, 1.54) is 16.3 Å². The molecule has 4 heterocycles. The van der Waals surface area contributed by atoms with Crippen molar-refractivity contribution in [3.05, 3.63) is 39.6 Å². The first-order valence-electron chi connectivity index (χ1n) is 8.90. The van der Waals surface area contributed by atoms with Crippen molar-refractivity contribution in [1.82, 2.24) is 19.5 Å². The molecular weight excluding hydrogens is 489 g/mol. The Morgan fingerprint density at radius 1 is 1.39 bits per heavy atom. The van der Waals surface area contributed by atoms with Crippen LogP contribution in [0.2, 0.25) is 5.02 Å². The van der Waals surface area contributed by atoms with Gasteiger partial charge in [-0.3, -0.25) is 14.3 Å². The van der Waals surface area contributed by atoms with Gasteiger partial charge in [0.1, 0.15) is 25.0 Å². The van der Waals surface area contributed by atoms with Crippen LogP contribution >= 0.6 is 30.1 Å². The molecule has 0 bridgehead atoms. The summed E-state index contributed by atoms with van der Waals surface area (Å²) in [7, 11) is 0. The van der Waals surface area contributed by atoms with Crippen LogP contribution in [0.4, 0.5) is 5.95 Å². The molecule has 2 aliphatic rings. The van der Waals surface area contributed by atoms with Crippen molar-refractivity contribution in [1.29, 1.82) is 0 Å². The summed E-state index contributed by atoms with van der Waals surface area (Å²) in [5.74, 6) is -0.124. The monoisotopic (exact) mass is 502 g/mol. The maximum absolute atomic E-state index is 12.4. The van der Waals surface area contributed by atoms with Gasteiger partial charge in [-0.05, 0) is 24.3 Å². The molecule has 11 nitrogen and oxygen atoms in total. The van der Waals surface area contributed by atoms with E-state index >= 15 is 0 Å². The summed E-state index contributed by atoms with van der Waals surface area (Å²) in [6, 6.07) is 6.97. The summed E-state index contributed by atoms with van der Waals surface area (Å²) < 4.78 is 17.7. The van der Waals surface area contributed by atoms with Gasteiger partial charge >= 0.3 is 0 Å². The van der Waals surface area contributed by atoms with E-state index in [2.05, 4.69) is 15.0 Å². The lowest BCUT2D eigenvalue weighted by Gasteiger charge is -2.38. The molecule has 2 aliphatic heterocycles. The van der Waals surface area contributed by atoms with Crippen molar-refractivity contribution in [2.75, 3.05) is 12.3 Å². The number of benzene rings is 1. The van der Waals surface area contributed by atoms with E-state index in [1.54, 1.807) is 24.3 Å². The zero-order chi connectivity index (χ0) is 21.9. The van der Waals surface area contributed by atoms with E-state index in [0.29, 0.717) is 10.2 Å². The molecule has 0 aliphatic carbocycles. The Balaban J connectivity index is 1.62. The van der Waals surface area contributed by atoms with Crippen molar-refractivity contribution in [3.8, 4) is 0 Å². The summed E-state index contributed by atoms with van der Waals surface area (Å²) in [5, 5.41) is 11.8. The second kappa shape index (κ2) is 7.80. The molecule has 164 valence electrons. The zero-order valence-electron chi connectivity index (χ0n) is 15.4. The first-order chi connectivity index (χ1) is 14.7. The SMILES string of the molecule is Nc1nc2c(nc(Sc3ccc(Cl)cc3)n2[C@@H]2O[C@@H]3COP([O-])(=S)O[C@H]3[C@H]2O)c(=O)[nH]1. The smallest absolute Gasteiger partial charge is 0.280 e. The molecule has 2 fully saturated rings. The first kappa shape index (κ1) is 21.3. The van der Waals surface area contributed by atoms with Gasteiger partial charge in [0.25, 0.3) is 5.56 Å². The van der Waals surface area contributed by atoms with Gasteiger partial charge in [-0.2, -0.15) is 4.98 Å². The van der Waals surface area contributed by atoms with Crippen molar-refractivity contribution < 1.29 is 23.8 Å². The zero-order valence-corrected chi connectivity index (χ0v) is 18.7. The van der Waals surface area contributed by atoms with E-state index in [4.69, 9.17) is 42.9 Å².